The van der Waals surface area contributed by atoms with Crippen LogP contribution in [-0.2, 0) is 13.1 Å². The van der Waals surface area contributed by atoms with E-state index in [9.17, 15) is 0 Å². The fourth-order valence-electron chi connectivity index (χ4n) is 1.67. The van der Waals surface area contributed by atoms with Crippen molar-refractivity contribution in [3.8, 4) is 11.5 Å². The van der Waals surface area contributed by atoms with Crippen LogP contribution in [0.1, 0.15) is 11.1 Å². The van der Waals surface area contributed by atoms with Crippen LogP contribution in [0.25, 0.3) is 0 Å². The zero-order valence-corrected chi connectivity index (χ0v) is 12.0. The van der Waals surface area contributed by atoms with Crippen LogP contribution in [0.5, 0.6) is 11.5 Å². The lowest BCUT2D eigenvalue weighted by Crippen LogP contribution is -1.98. The molecule has 0 aliphatic heterocycles. The first kappa shape index (κ1) is 16.0. The maximum atomic E-state index is 5.45. The van der Waals surface area contributed by atoms with Crippen molar-refractivity contribution in [1.29, 1.82) is 0 Å². The monoisotopic (exact) mass is 274 g/mol. The van der Waals surface area contributed by atoms with E-state index in [0.29, 0.717) is 13.1 Å². The average molecular weight is 274 g/mol. The first-order valence-corrected chi connectivity index (χ1v) is 6.40. The van der Waals surface area contributed by atoms with Gasteiger partial charge in [-0.1, -0.05) is 30.3 Å². The van der Waals surface area contributed by atoms with Crippen LogP contribution in [0.15, 0.2) is 48.5 Å². The van der Waals surface area contributed by atoms with E-state index in [1.165, 1.54) is 0 Å². The second-order valence-corrected chi connectivity index (χ2v) is 4.07. The van der Waals surface area contributed by atoms with Crippen LogP contribution in [-0.4, -0.2) is 14.2 Å². The molecule has 4 heteroatoms. The molecule has 0 atom stereocenters. The van der Waals surface area contributed by atoms with E-state index in [1.807, 2.05) is 48.5 Å². The lowest BCUT2D eigenvalue weighted by atomic mass is 10.2. The predicted octanol–water partition coefficient (Wildman–Crippen LogP) is 2.31. The number of para-hydroxylation sites is 1. The second-order valence-electron chi connectivity index (χ2n) is 4.07. The predicted molar refractivity (Wildman–Crippen MR) is 81.8 cm³/mol. The molecule has 0 spiro atoms. The molecule has 0 aliphatic carbocycles. The van der Waals surface area contributed by atoms with Gasteiger partial charge in [0.05, 0.1) is 14.2 Å². The molecule has 0 fully saturated rings. The van der Waals surface area contributed by atoms with Crippen molar-refractivity contribution >= 4 is 0 Å². The molecule has 4 N–H and O–H groups in total. The fraction of sp³-hybridized carbons (Fsp3) is 0.250. The lowest BCUT2D eigenvalue weighted by Gasteiger charge is -2.03. The van der Waals surface area contributed by atoms with Crippen molar-refractivity contribution < 1.29 is 9.47 Å². The molecule has 2 aromatic carbocycles. The van der Waals surface area contributed by atoms with Crippen LogP contribution in [0.2, 0.25) is 0 Å². The van der Waals surface area contributed by atoms with E-state index < -0.39 is 0 Å². The van der Waals surface area contributed by atoms with E-state index >= 15 is 0 Å². The Bertz CT molecular complexity index is 473. The molecular weight excluding hydrogens is 252 g/mol. The minimum atomic E-state index is 0.532. The van der Waals surface area contributed by atoms with E-state index in [-0.39, 0.29) is 0 Å². The van der Waals surface area contributed by atoms with Crippen LogP contribution < -0.4 is 20.9 Å². The summed E-state index contributed by atoms with van der Waals surface area (Å²) in [6.07, 6.45) is 0. The molecule has 2 rings (SSSR count). The summed E-state index contributed by atoms with van der Waals surface area (Å²) in [6, 6.07) is 15.5. The Balaban J connectivity index is 0.000000200. The molecule has 0 saturated heterocycles. The Labute approximate surface area is 120 Å². The highest BCUT2D eigenvalue weighted by Gasteiger charge is 1.95. The molecule has 0 saturated carbocycles. The number of hydrogen-bond donors (Lipinski definition) is 2. The minimum Gasteiger partial charge on any atom is -0.497 e. The van der Waals surface area contributed by atoms with Gasteiger partial charge < -0.3 is 20.9 Å². The molecule has 0 unspecified atom stereocenters. The number of benzene rings is 2. The molecule has 0 radical (unpaired) electrons. The second kappa shape index (κ2) is 8.96. The van der Waals surface area contributed by atoms with Crippen molar-refractivity contribution in [3.05, 3.63) is 59.7 Å². The highest BCUT2D eigenvalue weighted by molar-refractivity contribution is 5.32. The zero-order chi connectivity index (χ0) is 14.8. The molecule has 0 bridgehead atoms. The quantitative estimate of drug-likeness (QED) is 0.897. The van der Waals surface area contributed by atoms with E-state index in [1.54, 1.807) is 14.2 Å². The lowest BCUT2D eigenvalue weighted by molar-refractivity contribution is 0.410. The number of methoxy groups -OCH3 is 2. The van der Waals surface area contributed by atoms with E-state index in [4.69, 9.17) is 20.9 Å². The van der Waals surface area contributed by atoms with Crippen molar-refractivity contribution in [2.45, 2.75) is 13.1 Å². The smallest absolute Gasteiger partial charge is 0.123 e. The van der Waals surface area contributed by atoms with Crippen molar-refractivity contribution in [2.75, 3.05) is 14.2 Å². The highest BCUT2D eigenvalue weighted by Crippen LogP contribution is 2.15. The number of hydrogen-bond acceptors (Lipinski definition) is 4. The van der Waals surface area contributed by atoms with Crippen LogP contribution in [0.3, 0.4) is 0 Å². The van der Waals surface area contributed by atoms with Gasteiger partial charge in [0, 0.05) is 18.7 Å². The summed E-state index contributed by atoms with van der Waals surface area (Å²) < 4.78 is 10.1. The van der Waals surface area contributed by atoms with Crippen LogP contribution in [0.4, 0.5) is 0 Å². The molecule has 0 heterocycles. The van der Waals surface area contributed by atoms with Gasteiger partial charge in [0.2, 0.25) is 0 Å². The third-order valence-corrected chi connectivity index (χ3v) is 2.78. The maximum absolute atomic E-state index is 5.45. The molecule has 0 amide bonds. The summed E-state index contributed by atoms with van der Waals surface area (Å²) >= 11 is 0. The molecule has 2 aromatic rings. The van der Waals surface area contributed by atoms with Gasteiger partial charge in [-0.3, -0.25) is 0 Å². The summed E-state index contributed by atoms with van der Waals surface area (Å²) in [5, 5.41) is 0. The Kier molecular flexibility index (Phi) is 7.17. The average Bonchev–Trinajstić information content (AvgIpc) is 2.55. The van der Waals surface area contributed by atoms with Crippen LogP contribution >= 0.6 is 0 Å². The molecule has 108 valence electrons. The van der Waals surface area contributed by atoms with Crippen LogP contribution in [0, 0.1) is 0 Å². The van der Waals surface area contributed by atoms with Gasteiger partial charge in [0.1, 0.15) is 11.5 Å². The number of rotatable bonds is 4. The van der Waals surface area contributed by atoms with E-state index in [0.717, 1.165) is 22.6 Å². The molecular formula is C16H22N2O2. The van der Waals surface area contributed by atoms with Crippen molar-refractivity contribution in [1.82, 2.24) is 0 Å². The fourth-order valence-corrected chi connectivity index (χ4v) is 1.67. The first-order chi connectivity index (χ1) is 9.74. The van der Waals surface area contributed by atoms with Gasteiger partial charge in [0.25, 0.3) is 0 Å². The Morgan fingerprint density at radius 3 is 2.15 bits per heavy atom. The Hall–Kier alpha value is -2.04. The summed E-state index contributed by atoms with van der Waals surface area (Å²) in [6.45, 7) is 1.10. The van der Waals surface area contributed by atoms with Gasteiger partial charge >= 0.3 is 0 Å². The van der Waals surface area contributed by atoms with Gasteiger partial charge in [0.15, 0.2) is 0 Å². The summed E-state index contributed by atoms with van der Waals surface area (Å²) in [4.78, 5) is 0. The molecule has 0 aromatic heterocycles. The zero-order valence-electron chi connectivity index (χ0n) is 12.0. The summed E-state index contributed by atoms with van der Waals surface area (Å²) in [5.74, 6) is 1.73. The minimum absolute atomic E-state index is 0.532. The van der Waals surface area contributed by atoms with E-state index in [2.05, 4.69) is 0 Å². The van der Waals surface area contributed by atoms with Crippen molar-refractivity contribution in [3.63, 3.8) is 0 Å². The first-order valence-electron chi connectivity index (χ1n) is 6.40. The SMILES string of the molecule is COc1cccc(CN)c1.COc1ccccc1CN. The van der Waals surface area contributed by atoms with Crippen molar-refractivity contribution in [2.24, 2.45) is 11.5 Å². The van der Waals surface area contributed by atoms with Gasteiger partial charge in [-0.25, -0.2) is 0 Å². The third kappa shape index (κ3) is 4.91. The third-order valence-electron chi connectivity index (χ3n) is 2.78. The largest absolute Gasteiger partial charge is 0.497 e. The van der Waals surface area contributed by atoms with Gasteiger partial charge in [-0.15, -0.1) is 0 Å². The standard InChI is InChI=1S/2C8H11NO/c1-10-8-4-2-3-7(5-8)6-9;1-10-8-5-3-2-4-7(8)6-9/h2*2-5H,6,9H2,1H3. The number of nitrogens with two attached hydrogens (primary N) is 2. The highest BCUT2D eigenvalue weighted by atomic mass is 16.5. The molecule has 20 heavy (non-hydrogen) atoms. The number of ether oxygens (including phenoxy) is 2. The Morgan fingerprint density at radius 2 is 1.60 bits per heavy atom. The maximum Gasteiger partial charge on any atom is 0.123 e. The van der Waals surface area contributed by atoms with Gasteiger partial charge in [-0.05, 0) is 23.8 Å². The topological polar surface area (TPSA) is 70.5 Å². The molecule has 0 aliphatic rings. The van der Waals surface area contributed by atoms with Gasteiger partial charge in [-0.2, -0.15) is 0 Å². The molecule has 4 nitrogen and oxygen atoms in total. The summed E-state index contributed by atoms with van der Waals surface area (Å²) in [7, 11) is 3.30. The normalized spacial score (nSPS) is 9.40. The Morgan fingerprint density at radius 1 is 0.850 bits per heavy atom. The summed E-state index contributed by atoms with van der Waals surface area (Å²) in [5.41, 5.74) is 13.0.